The maximum atomic E-state index is 11.5. The van der Waals surface area contributed by atoms with E-state index in [2.05, 4.69) is 7.05 Å². The Hall–Kier alpha value is -1.10. The van der Waals surface area contributed by atoms with Gasteiger partial charge >= 0.3 is 0 Å². The molecule has 0 aliphatic carbocycles. The molecule has 0 saturated carbocycles. The molecule has 2 aliphatic heterocycles. The van der Waals surface area contributed by atoms with Crippen molar-refractivity contribution in [3.05, 3.63) is 0 Å². The van der Waals surface area contributed by atoms with Gasteiger partial charge in [-0.05, 0) is 0 Å². The number of fused-ring (bicyclic) bond motifs is 1. The molecule has 20 heavy (non-hydrogen) atoms. The lowest BCUT2D eigenvalue weighted by Gasteiger charge is -2.44. The van der Waals surface area contributed by atoms with Gasteiger partial charge in [0.25, 0.3) is 0 Å². The minimum Gasteiger partial charge on any atom is -0.329 e. The maximum Gasteiger partial charge on any atom is 0.224 e. The number of carbonyl (C=O) groups excluding carboxylic acids is 2. The van der Waals surface area contributed by atoms with Crippen LogP contribution in [-0.4, -0.2) is 72.0 Å². The summed E-state index contributed by atoms with van der Waals surface area (Å²) in [6.07, 6.45) is 0.162. The SMILES string of the molecule is CC.CC.CC(=O)N1CC[N+]2(C)CCN(C(C)=O)C2C1. The molecule has 2 unspecified atom stereocenters. The topological polar surface area (TPSA) is 40.6 Å². The van der Waals surface area contributed by atoms with Crippen LogP contribution in [0.25, 0.3) is 0 Å². The van der Waals surface area contributed by atoms with Gasteiger partial charge in [0.15, 0.2) is 6.17 Å². The average molecular weight is 286 g/mol. The normalized spacial score (nSPS) is 27.6. The first-order valence-electron chi connectivity index (χ1n) is 7.81. The van der Waals surface area contributed by atoms with Crippen LogP contribution in [0, 0.1) is 0 Å². The van der Waals surface area contributed by atoms with Gasteiger partial charge in [-0.3, -0.25) is 14.5 Å². The fourth-order valence-corrected chi connectivity index (χ4v) is 2.82. The molecule has 5 nitrogen and oxygen atoms in total. The second-order valence-corrected chi connectivity index (χ2v) is 5.08. The van der Waals surface area contributed by atoms with E-state index in [0.717, 1.165) is 30.7 Å². The molecule has 2 amide bonds. The number of amides is 2. The molecule has 2 rings (SSSR count). The molecule has 0 spiro atoms. The van der Waals surface area contributed by atoms with Crippen molar-refractivity contribution in [2.75, 3.05) is 39.8 Å². The highest BCUT2D eigenvalue weighted by Gasteiger charge is 2.48. The van der Waals surface area contributed by atoms with E-state index in [1.165, 1.54) is 0 Å². The van der Waals surface area contributed by atoms with Crippen molar-refractivity contribution in [2.24, 2.45) is 0 Å². The van der Waals surface area contributed by atoms with Gasteiger partial charge in [-0.1, -0.05) is 27.7 Å². The molecule has 2 aliphatic rings. The second kappa shape index (κ2) is 8.25. The number of hydrogen-bond donors (Lipinski definition) is 0. The van der Waals surface area contributed by atoms with Crippen LogP contribution >= 0.6 is 0 Å². The van der Waals surface area contributed by atoms with Gasteiger partial charge in [0.1, 0.15) is 0 Å². The number of quaternary nitrogens is 1. The third kappa shape index (κ3) is 3.95. The second-order valence-electron chi connectivity index (χ2n) is 5.08. The Morgan fingerprint density at radius 3 is 1.90 bits per heavy atom. The lowest BCUT2D eigenvalue weighted by Crippen LogP contribution is -2.64. The monoisotopic (exact) mass is 286 g/mol. The third-order valence-electron chi connectivity index (χ3n) is 4.05. The van der Waals surface area contributed by atoms with E-state index in [1.807, 2.05) is 37.5 Å². The van der Waals surface area contributed by atoms with Gasteiger partial charge in [-0.15, -0.1) is 0 Å². The predicted molar refractivity (Wildman–Crippen MR) is 82.0 cm³/mol. The van der Waals surface area contributed by atoms with Crippen LogP contribution in [0.2, 0.25) is 0 Å². The van der Waals surface area contributed by atoms with Gasteiger partial charge in [0, 0.05) is 13.8 Å². The minimum atomic E-state index is 0.113. The zero-order valence-electron chi connectivity index (χ0n) is 14.3. The molecule has 2 atom stereocenters. The molecule has 0 aromatic rings. The third-order valence-corrected chi connectivity index (χ3v) is 4.05. The first-order valence-corrected chi connectivity index (χ1v) is 7.81. The zero-order valence-corrected chi connectivity index (χ0v) is 14.3. The molecule has 5 heteroatoms. The molecule has 118 valence electrons. The Morgan fingerprint density at radius 2 is 1.45 bits per heavy atom. The molecular weight excluding hydrogens is 254 g/mol. The summed E-state index contributed by atoms with van der Waals surface area (Å²) in [6, 6.07) is 0. The number of rotatable bonds is 0. The van der Waals surface area contributed by atoms with Crippen LogP contribution in [-0.2, 0) is 9.59 Å². The Kier molecular flexibility index (Phi) is 7.79. The summed E-state index contributed by atoms with van der Waals surface area (Å²) in [4.78, 5) is 26.7. The van der Waals surface area contributed by atoms with E-state index in [4.69, 9.17) is 0 Å². The fourth-order valence-electron chi connectivity index (χ4n) is 2.82. The lowest BCUT2D eigenvalue weighted by atomic mass is 10.2. The summed E-state index contributed by atoms with van der Waals surface area (Å²) in [6.45, 7) is 15.5. The molecule has 2 saturated heterocycles. The van der Waals surface area contributed by atoms with E-state index in [9.17, 15) is 9.59 Å². The lowest BCUT2D eigenvalue weighted by molar-refractivity contribution is -0.929. The van der Waals surface area contributed by atoms with Gasteiger partial charge in [-0.25, -0.2) is 0 Å². The van der Waals surface area contributed by atoms with Crippen molar-refractivity contribution in [3.63, 3.8) is 0 Å². The Labute approximate surface area is 124 Å². The molecule has 2 heterocycles. The molecular formula is C15H32N3O2+. The van der Waals surface area contributed by atoms with Crippen molar-refractivity contribution in [2.45, 2.75) is 47.7 Å². The summed E-state index contributed by atoms with van der Waals surface area (Å²) in [5, 5.41) is 0. The first kappa shape index (κ1) is 18.9. The summed E-state index contributed by atoms with van der Waals surface area (Å²) in [5.41, 5.74) is 0. The van der Waals surface area contributed by atoms with Crippen molar-refractivity contribution in [1.82, 2.24) is 9.80 Å². The molecule has 0 aromatic heterocycles. The number of nitrogens with zero attached hydrogens (tertiary/aromatic N) is 3. The number of hydrogen-bond acceptors (Lipinski definition) is 2. The highest BCUT2D eigenvalue weighted by Crippen LogP contribution is 2.26. The molecule has 0 radical (unpaired) electrons. The van der Waals surface area contributed by atoms with Crippen LogP contribution in [0.3, 0.4) is 0 Å². The highest BCUT2D eigenvalue weighted by atomic mass is 16.2. The van der Waals surface area contributed by atoms with Gasteiger partial charge in [0.2, 0.25) is 11.8 Å². The average Bonchev–Trinajstić information content (AvgIpc) is 2.79. The van der Waals surface area contributed by atoms with Gasteiger partial charge < -0.3 is 9.38 Å². The summed E-state index contributed by atoms with van der Waals surface area (Å²) in [7, 11) is 2.19. The highest BCUT2D eigenvalue weighted by molar-refractivity contribution is 5.75. The maximum absolute atomic E-state index is 11.5. The van der Waals surface area contributed by atoms with E-state index in [0.29, 0.717) is 6.54 Å². The standard InChI is InChI=1S/C11H20N3O2.2C2H6/c1-9(15)12-4-6-14(3)7-5-13(10(2)16)11(14)8-12;2*1-2/h11H,4-8H2,1-3H3;2*1-2H3/q+1;;. The van der Waals surface area contributed by atoms with E-state index in [1.54, 1.807) is 13.8 Å². The van der Waals surface area contributed by atoms with E-state index < -0.39 is 0 Å². The summed E-state index contributed by atoms with van der Waals surface area (Å²) in [5.74, 6) is 0.235. The van der Waals surface area contributed by atoms with Gasteiger partial charge in [0.05, 0.1) is 39.8 Å². The van der Waals surface area contributed by atoms with Crippen molar-refractivity contribution >= 4 is 11.8 Å². The van der Waals surface area contributed by atoms with Crippen LogP contribution in [0.5, 0.6) is 0 Å². The molecule has 0 aromatic carbocycles. The number of likely N-dealkylation sites (N-methyl/N-ethyl adjacent to an activating group) is 1. The Balaban J connectivity index is 0.000000829. The quantitative estimate of drug-likeness (QED) is 0.634. The summed E-state index contributed by atoms with van der Waals surface area (Å²) >= 11 is 0. The van der Waals surface area contributed by atoms with Crippen LogP contribution < -0.4 is 0 Å². The first-order chi connectivity index (χ1) is 9.44. The van der Waals surface area contributed by atoms with Crippen LogP contribution in [0.4, 0.5) is 0 Å². The number of carbonyl (C=O) groups is 2. The Morgan fingerprint density at radius 1 is 0.950 bits per heavy atom. The minimum absolute atomic E-state index is 0.113. The van der Waals surface area contributed by atoms with Crippen LogP contribution in [0.1, 0.15) is 41.5 Å². The van der Waals surface area contributed by atoms with Crippen molar-refractivity contribution < 1.29 is 14.1 Å². The van der Waals surface area contributed by atoms with E-state index in [-0.39, 0.29) is 18.0 Å². The largest absolute Gasteiger partial charge is 0.329 e. The smallest absolute Gasteiger partial charge is 0.224 e. The molecule has 0 bridgehead atoms. The molecule has 2 fully saturated rings. The van der Waals surface area contributed by atoms with E-state index >= 15 is 0 Å². The van der Waals surface area contributed by atoms with Crippen molar-refractivity contribution in [3.8, 4) is 0 Å². The summed E-state index contributed by atoms with van der Waals surface area (Å²) < 4.78 is 0.906. The van der Waals surface area contributed by atoms with Crippen molar-refractivity contribution in [1.29, 1.82) is 0 Å². The van der Waals surface area contributed by atoms with Crippen LogP contribution in [0.15, 0.2) is 0 Å². The van der Waals surface area contributed by atoms with Gasteiger partial charge in [-0.2, -0.15) is 0 Å². The Bertz CT molecular complexity index is 333. The predicted octanol–water partition coefficient (Wildman–Crippen LogP) is 1.54. The zero-order chi connectivity index (χ0) is 15.9. The molecule has 0 N–H and O–H groups in total. The number of piperazine rings is 1. The fraction of sp³-hybridized carbons (Fsp3) is 0.867.